The largest absolute Gasteiger partial charge is 0.390 e. The zero-order valence-corrected chi connectivity index (χ0v) is 8.94. The van der Waals surface area contributed by atoms with Gasteiger partial charge in [-0.25, -0.2) is 0 Å². The first-order chi connectivity index (χ1) is 6.66. The van der Waals surface area contributed by atoms with E-state index in [-0.39, 0.29) is 24.4 Å². The van der Waals surface area contributed by atoms with Crippen molar-refractivity contribution >= 4 is 0 Å². The van der Waals surface area contributed by atoms with Crippen molar-refractivity contribution in [2.24, 2.45) is 0 Å². The zero-order valence-electron chi connectivity index (χ0n) is 8.94. The van der Waals surface area contributed by atoms with Crippen LogP contribution < -0.4 is 5.32 Å². The monoisotopic (exact) mass is 200 g/mol. The van der Waals surface area contributed by atoms with Crippen LogP contribution in [0, 0.1) is 0 Å². The lowest BCUT2D eigenvalue weighted by Crippen LogP contribution is -2.53. The number of rotatable bonds is 1. The highest BCUT2D eigenvalue weighted by atomic mass is 16.5. The van der Waals surface area contributed by atoms with Gasteiger partial charge in [0.1, 0.15) is 0 Å². The minimum absolute atomic E-state index is 0.215. The molecule has 4 unspecified atom stereocenters. The van der Waals surface area contributed by atoms with Crippen LogP contribution in [0.2, 0.25) is 0 Å². The van der Waals surface area contributed by atoms with Gasteiger partial charge in [0.05, 0.1) is 18.3 Å². The second-order valence-corrected chi connectivity index (χ2v) is 4.50. The topological polar surface area (TPSA) is 44.7 Å². The number of hydrogen-bond acceptors (Lipinski definition) is 4. The van der Waals surface area contributed by atoms with Crippen molar-refractivity contribution < 1.29 is 9.84 Å². The fourth-order valence-corrected chi connectivity index (χ4v) is 2.51. The predicted molar refractivity (Wildman–Crippen MR) is 54.2 cm³/mol. The Balaban J connectivity index is 1.95. The van der Waals surface area contributed by atoms with E-state index in [1.807, 2.05) is 0 Å². The molecule has 2 aliphatic rings. The van der Waals surface area contributed by atoms with Crippen molar-refractivity contribution in [1.82, 2.24) is 10.2 Å². The van der Waals surface area contributed by atoms with E-state index in [0.717, 1.165) is 26.2 Å². The molecule has 0 aromatic heterocycles. The third-order valence-electron chi connectivity index (χ3n) is 3.07. The van der Waals surface area contributed by atoms with Crippen LogP contribution in [0.15, 0.2) is 0 Å². The van der Waals surface area contributed by atoms with Crippen molar-refractivity contribution in [3.8, 4) is 0 Å². The highest BCUT2D eigenvalue weighted by molar-refractivity contribution is 4.91. The Hall–Kier alpha value is -0.160. The minimum Gasteiger partial charge on any atom is -0.390 e. The summed E-state index contributed by atoms with van der Waals surface area (Å²) in [5.41, 5.74) is 0. The number of aliphatic hydroxyl groups excluding tert-OH is 1. The van der Waals surface area contributed by atoms with Gasteiger partial charge < -0.3 is 15.2 Å². The molecule has 2 heterocycles. The molecule has 0 radical (unpaired) electrons. The van der Waals surface area contributed by atoms with E-state index in [9.17, 15) is 5.11 Å². The average molecular weight is 200 g/mol. The quantitative estimate of drug-likeness (QED) is 0.595. The summed E-state index contributed by atoms with van der Waals surface area (Å²) in [6.45, 7) is 7.70. The van der Waals surface area contributed by atoms with Gasteiger partial charge in [-0.05, 0) is 13.8 Å². The van der Waals surface area contributed by atoms with Crippen molar-refractivity contribution in [3.63, 3.8) is 0 Å². The third kappa shape index (κ3) is 2.08. The summed E-state index contributed by atoms with van der Waals surface area (Å²) in [6, 6.07) is 0.281. The molecule has 2 aliphatic heterocycles. The van der Waals surface area contributed by atoms with Crippen LogP contribution in [0.1, 0.15) is 13.8 Å². The van der Waals surface area contributed by atoms with Crippen LogP contribution in [0.3, 0.4) is 0 Å². The molecule has 4 nitrogen and oxygen atoms in total. The Kier molecular flexibility index (Phi) is 3.07. The lowest BCUT2D eigenvalue weighted by molar-refractivity contribution is -0.0886. The first-order valence-corrected chi connectivity index (χ1v) is 5.45. The van der Waals surface area contributed by atoms with Gasteiger partial charge >= 0.3 is 0 Å². The summed E-state index contributed by atoms with van der Waals surface area (Å²) >= 11 is 0. The lowest BCUT2D eigenvalue weighted by Gasteiger charge is -2.39. The van der Waals surface area contributed by atoms with Gasteiger partial charge in [-0.3, -0.25) is 4.90 Å². The number of aliphatic hydroxyl groups is 1. The van der Waals surface area contributed by atoms with E-state index in [4.69, 9.17) is 4.74 Å². The lowest BCUT2D eigenvalue weighted by atomic mass is 10.1. The van der Waals surface area contributed by atoms with Crippen molar-refractivity contribution in [1.29, 1.82) is 0 Å². The summed E-state index contributed by atoms with van der Waals surface area (Å²) in [7, 11) is 0. The molecule has 2 saturated heterocycles. The first kappa shape index (κ1) is 10.4. The van der Waals surface area contributed by atoms with Crippen LogP contribution in [0.4, 0.5) is 0 Å². The molecule has 2 fully saturated rings. The highest BCUT2D eigenvalue weighted by Crippen LogP contribution is 2.17. The van der Waals surface area contributed by atoms with Gasteiger partial charge in [-0.2, -0.15) is 0 Å². The van der Waals surface area contributed by atoms with Gasteiger partial charge in [0.15, 0.2) is 0 Å². The summed E-state index contributed by atoms with van der Waals surface area (Å²) in [5.74, 6) is 0. The fourth-order valence-electron chi connectivity index (χ4n) is 2.51. The molecule has 0 amide bonds. The molecule has 0 aromatic rings. The molecule has 82 valence electrons. The highest BCUT2D eigenvalue weighted by Gasteiger charge is 2.34. The van der Waals surface area contributed by atoms with Crippen LogP contribution in [-0.2, 0) is 4.74 Å². The van der Waals surface area contributed by atoms with Gasteiger partial charge in [0, 0.05) is 32.2 Å². The number of morpholine rings is 1. The molecular formula is C10H20N2O2. The molecular weight excluding hydrogens is 180 g/mol. The third-order valence-corrected chi connectivity index (χ3v) is 3.07. The summed E-state index contributed by atoms with van der Waals surface area (Å²) in [6.07, 6.45) is 0.352. The van der Waals surface area contributed by atoms with E-state index in [1.165, 1.54) is 0 Å². The fraction of sp³-hybridized carbons (Fsp3) is 1.00. The van der Waals surface area contributed by atoms with Gasteiger partial charge in [-0.15, -0.1) is 0 Å². The maximum atomic E-state index is 9.77. The second-order valence-electron chi connectivity index (χ2n) is 4.50. The molecule has 4 atom stereocenters. The molecule has 4 heteroatoms. The molecule has 0 bridgehead atoms. The Bertz CT molecular complexity index is 191. The number of nitrogens with zero attached hydrogens (tertiary/aromatic N) is 1. The van der Waals surface area contributed by atoms with Crippen LogP contribution in [-0.4, -0.2) is 60.5 Å². The Morgan fingerprint density at radius 1 is 1.21 bits per heavy atom. The van der Waals surface area contributed by atoms with E-state index in [1.54, 1.807) is 0 Å². The van der Waals surface area contributed by atoms with E-state index in [2.05, 4.69) is 24.1 Å². The summed E-state index contributed by atoms with van der Waals surface area (Å²) in [5, 5.41) is 13.0. The van der Waals surface area contributed by atoms with Gasteiger partial charge in [0.2, 0.25) is 0 Å². The molecule has 2 N–H and O–H groups in total. The maximum Gasteiger partial charge on any atom is 0.0831 e. The van der Waals surface area contributed by atoms with Crippen molar-refractivity contribution in [2.45, 2.75) is 38.2 Å². The number of hydrogen-bond donors (Lipinski definition) is 2. The predicted octanol–water partition coefficient (Wildman–Crippen LogP) is -0.572. The standard InChI is InChI=1S/C10H20N2O2/c1-7-5-12(6-8(2)14-7)9-3-11-4-10(9)13/h7-11,13H,3-6H2,1-2H3. The molecule has 2 rings (SSSR count). The Morgan fingerprint density at radius 3 is 2.36 bits per heavy atom. The van der Waals surface area contributed by atoms with Crippen molar-refractivity contribution in [3.05, 3.63) is 0 Å². The first-order valence-electron chi connectivity index (χ1n) is 5.45. The van der Waals surface area contributed by atoms with E-state index >= 15 is 0 Å². The van der Waals surface area contributed by atoms with Crippen molar-refractivity contribution in [2.75, 3.05) is 26.2 Å². The van der Waals surface area contributed by atoms with Gasteiger partial charge in [0.25, 0.3) is 0 Å². The molecule has 0 aromatic carbocycles. The van der Waals surface area contributed by atoms with Crippen LogP contribution in [0.5, 0.6) is 0 Å². The summed E-state index contributed by atoms with van der Waals surface area (Å²) < 4.78 is 5.67. The average Bonchev–Trinajstić information content (AvgIpc) is 2.49. The molecule has 0 saturated carbocycles. The zero-order chi connectivity index (χ0) is 10.1. The van der Waals surface area contributed by atoms with Crippen LogP contribution >= 0.6 is 0 Å². The normalized spacial score (nSPS) is 45.6. The minimum atomic E-state index is -0.215. The van der Waals surface area contributed by atoms with Crippen LogP contribution in [0.25, 0.3) is 0 Å². The molecule has 0 spiro atoms. The van der Waals surface area contributed by atoms with E-state index < -0.39 is 0 Å². The number of ether oxygens (including phenoxy) is 1. The second kappa shape index (κ2) is 4.14. The molecule has 0 aliphatic carbocycles. The smallest absolute Gasteiger partial charge is 0.0831 e. The Labute approximate surface area is 85.2 Å². The molecule has 14 heavy (non-hydrogen) atoms. The number of β-amino-alcohol motifs (C(OH)–C–C–N with tert-alkyl or cyclic N) is 1. The maximum absolute atomic E-state index is 9.77. The number of nitrogens with one attached hydrogen (secondary N) is 1. The SMILES string of the molecule is CC1CN(C2CNCC2O)CC(C)O1. The summed E-state index contributed by atoms with van der Waals surface area (Å²) in [4.78, 5) is 2.35. The van der Waals surface area contributed by atoms with E-state index in [0.29, 0.717) is 0 Å². The Morgan fingerprint density at radius 2 is 1.86 bits per heavy atom. The van der Waals surface area contributed by atoms with Gasteiger partial charge in [-0.1, -0.05) is 0 Å².